The van der Waals surface area contributed by atoms with Crippen LogP contribution in [0.5, 0.6) is 0 Å². The van der Waals surface area contributed by atoms with E-state index in [4.69, 9.17) is 4.42 Å². The number of hydrogen-bond donors (Lipinski definition) is 1. The Morgan fingerprint density at radius 1 is 1.24 bits per heavy atom. The van der Waals surface area contributed by atoms with Crippen LogP contribution in [0.1, 0.15) is 16.2 Å². The molecule has 0 aromatic carbocycles. The number of rotatable bonds is 6. The molecule has 3 aromatic rings. The van der Waals surface area contributed by atoms with Gasteiger partial charge in [-0.1, -0.05) is 31.0 Å². The van der Waals surface area contributed by atoms with E-state index in [-0.39, 0.29) is 5.91 Å². The van der Waals surface area contributed by atoms with E-state index in [1.807, 2.05) is 6.20 Å². The van der Waals surface area contributed by atoms with Crippen LogP contribution in [0.25, 0.3) is 0 Å². The van der Waals surface area contributed by atoms with Gasteiger partial charge in [0.25, 0.3) is 5.91 Å². The lowest BCUT2D eigenvalue weighted by atomic mass is 10.2. The zero-order chi connectivity index (χ0) is 17.9. The normalized spacial score (nSPS) is 11.5. The summed E-state index contributed by atoms with van der Waals surface area (Å²) in [6, 6.07) is 3.33. The SMILES string of the molecule is C[Si](C)(C)c1cnc(CSc2cnc(NC(=O)c3ccncc3)s2)o1. The van der Waals surface area contributed by atoms with Gasteiger partial charge in [0.2, 0.25) is 5.89 Å². The number of nitrogens with one attached hydrogen (secondary N) is 1. The van der Waals surface area contributed by atoms with Crippen molar-refractivity contribution >= 4 is 47.6 Å². The van der Waals surface area contributed by atoms with Gasteiger partial charge in [0, 0.05) is 18.0 Å². The van der Waals surface area contributed by atoms with Gasteiger partial charge in [-0.2, -0.15) is 0 Å². The van der Waals surface area contributed by atoms with Gasteiger partial charge in [-0.25, -0.2) is 9.97 Å². The zero-order valence-electron chi connectivity index (χ0n) is 14.1. The Morgan fingerprint density at radius 2 is 2.00 bits per heavy atom. The van der Waals surface area contributed by atoms with E-state index < -0.39 is 8.07 Å². The Labute approximate surface area is 155 Å². The van der Waals surface area contributed by atoms with Crippen LogP contribution in [0.3, 0.4) is 0 Å². The van der Waals surface area contributed by atoms with Gasteiger partial charge in [-0.05, 0) is 12.1 Å². The fraction of sp³-hybridized carbons (Fsp3) is 0.250. The van der Waals surface area contributed by atoms with Crippen LogP contribution in [0.4, 0.5) is 5.13 Å². The van der Waals surface area contributed by atoms with Crippen molar-refractivity contribution in [2.75, 3.05) is 5.32 Å². The molecule has 25 heavy (non-hydrogen) atoms. The van der Waals surface area contributed by atoms with E-state index in [0.29, 0.717) is 16.4 Å². The minimum atomic E-state index is -1.47. The Balaban J connectivity index is 1.57. The van der Waals surface area contributed by atoms with Gasteiger partial charge in [-0.3, -0.25) is 15.1 Å². The van der Waals surface area contributed by atoms with Crippen LogP contribution < -0.4 is 10.7 Å². The maximum atomic E-state index is 12.1. The fourth-order valence-electron chi connectivity index (χ4n) is 1.91. The molecule has 3 aromatic heterocycles. The molecule has 130 valence electrons. The van der Waals surface area contributed by atoms with Crippen molar-refractivity contribution in [2.24, 2.45) is 0 Å². The topological polar surface area (TPSA) is 80.9 Å². The van der Waals surface area contributed by atoms with Gasteiger partial charge in [0.15, 0.2) is 5.13 Å². The average Bonchev–Trinajstić information content (AvgIpc) is 3.22. The van der Waals surface area contributed by atoms with Crippen LogP contribution >= 0.6 is 23.1 Å². The van der Waals surface area contributed by atoms with Crippen LogP contribution in [-0.2, 0) is 5.75 Å². The third-order valence-electron chi connectivity index (χ3n) is 3.28. The number of thioether (sulfide) groups is 1. The summed E-state index contributed by atoms with van der Waals surface area (Å²) in [5.74, 6) is 1.17. The molecule has 0 saturated carbocycles. The van der Waals surface area contributed by atoms with Crippen LogP contribution in [-0.4, -0.2) is 28.9 Å². The Bertz CT molecular complexity index is 858. The highest BCUT2D eigenvalue weighted by Crippen LogP contribution is 2.30. The molecule has 6 nitrogen and oxygen atoms in total. The predicted octanol–water partition coefficient (Wildman–Crippen LogP) is 3.62. The molecule has 9 heteroatoms. The molecule has 1 amide bonds. The first-order valence-electron chi connectivity index (χ1n) is 7.67. The highest BCUT2D eigenvalue weighted by Gasteiger charge is 2.22. The van der Waals surface area contributed by atoms with E-state index in [1.54, 1.807) is 42.5 Å². The molecule has 0 aliphatic rings. The van der Waals surface area contributed by atoms with Crippen LogP contribution in [0.15, 0.2) is 45.5 Å². The summed E-state index contributed by atoms with van der Waals surface area (Å²) in [4.78, 5) is 24.6. The highest BCUT2D eigenvalue weighted by molar-refractivity contribution is 8.00. The van der Waals surface area contributed by atoms with Crippen molar-refractivity contribution in [1.82, 2.24) is 15.0 Å². The first kappa shape index (κ1) is 17.8. The van der Waals surface area contributed by atoms with Crippen molar-refractivity contribution in [3.8, 4) is 0 Å². The van der Waals surface area contributed by atoms with Crippen LogP contribution in [0, 0.1) is 0 Å². The van der Waals surface area contributed by atoms with Crippen molar-refractivity contribution < 1.29 is 9.21 Å². The number of aromatic nitrogens is 3. The van der Waals surface area contributed by atoms with Gasteiger partial charge < -0.3 is 4.42 Å². The number of carbonyl (C=O) groups is 1. The molecular formula is C16H18N4O2S2Si. The average molecular weight is 391 g/mol. The molecule has 0 unspecified atom stereocenters. The number of pyridine rings is 1. The largest absolute Gasteiger partial charge is 0.450 e. The van der Waals surface area contributed by atoms with Gasteiger partial charge >= 0.3 is 0 Å². The van der Waals surface area contributed by atoms with E-state index >= 15 is 0 Å². The van der Waals surface area contributed by atoms with E-state index in [0.717, 1.165) is 15.5 Å². The van der Waals surface area contributed by atoms with Gasteiger partial charge in [-0.15, -0.1) is 11.8 Å². The third-order valence-corrected chi connectivity index (χ3v) is 7.08. The minimum Gasteiger partial charge on any atom is -0.450 e. The molecule has 0 aliphatic carbocycles. The summed E-state index contributed by atoms with van der Waals surface area (Å²) >= 11 is 3.03. The standard InChI is InChI=1S/C16H18N4O2S2Si/c1-25(2,3)13-8-18-12(22-13)10-23-14-9-19-16(24-14)20-15(21)11-4-6-17-7-5-11/h4-9H,10H2,1-3H3,(H,19,20,21). The van der Waals surface area contributed by atoms with Crippen molar-refractivity contribution in [1.29, 1.82) is 0 Å². The highest BCUT2D eigenvalue weighted by atomic mass is 32.2. The Hall–Kier alpha value is -1.97. The number of anilines is 1. The first-order valence-corrected chi connectivity index (χ1v) is 13.0. The molecule has 0 aliphatic heterocycles. The molecule has 3 rings (SSSR count). The number of hydrogen-bond acceptors (Lipinski definition) is 7. The Morgan fingerprint density at radius 3 is 2.68 bits per heavy atom. The summed E-state index contributed by atoms with van der Waals surface area (Å²) < 4.78 is 6.84. The molecule has 0 atom stereocenters. The predicted molar refractivity (Wildman–Crippen MR) is 103 cm³/mol. The summed E-state index contributed by atoms with van der Waals surface area (Å²) in [7, 11) is -1.47. The number of thiazole rings is 1. The summed E-state index contributed by atoms with van der Waals surface area (Å²) in [6.07, 6.45) is 6.77. The molecule has 0 saturated heterocycles. The smallest absolute Gasteiger partial charge is 0.257 e. The second kappa shape index (κ2) is 7.50. The second-order valence-corrected chi connectivity index (χ2v) is 13.6. The summed E-state index contributed by atoms with van der Waals surface area (Å²) in [6.45, 7) is 6.68. The molecule has 0 bridgehead atoms. The van der Waals surface area contributed by atoms with Crippen molar-refractivity contribution in [2.45, 2.75) is 29.6 Å². The molecule has 1 N–H and O–H groups in total. The lowest BCUT2D eigenvalue weighted by Gasteiger charge is -2.09. The minimum absolute atomic E-state index is 0.194. The van der Waals surface area contributed by atoms with Crippen molar-refractivity contribution in [3.63, 3.8) is 0 Å². The van der Waals surface area contributed by atoms with E-state index in [9.17, 15) is 4.79 Å². The van der Waals surface area contributed by atoms with E-state index in [1.165, 1.54) is 11.3 Å². The van der Waals surface area contributed by atoms with Gasteiger partial charge in [0.05, 0.1) is 22.4 Å². The van der Waals surface area contributed by atoms with Gasteiger partial charge in [0.1, 0.15) is 13.5 Å². The lowest BCUT2D eigenvalue weighted by molar-refractivity contribution is 0.102. The van der Waals surface area contributed by atoms with Crippen molar-refractivity contribution in [3.05, 3.63) is 48.4 Å². The first-order chi connectivity index (χ1) is 11.9. The monoisotopic (exact) mass is 390 g/mol. The van der Waals surface area contributed by atoms with E-state index in [2.05, 4.69) is 39.9 Å². The molecule has 3 heterocycles. The number of oxazole rings is 1. The number of carbonyl (C=O) groups excluding carboxylic acids is 1. The maximum absolute atomic E-state index is 12.1. The second-order valence-electron chi connectivity index (χ2n) is 6.33. The lowest BCUT2D eigenvalue weighted by Crippen LogP contribution is -2.36. The molecular weight excluding hydrogens is 372 g/mol. The number of amides is 1. The summed E-state index contributed by atoms with van der Waals surface area (Å²) in [5.41, 5.74) is 0.554. The Kier molecular flexibility index (Phi) is 5.35. The quantitative estimate of drug-likeness (QED) is 0.511. The fourth-order valence-corrected chi connectivity index (χ4v) is 4.51. The zero-order valence-corrected chi connectivity index (χ0v) is 16.8. The van der Waals surface area contributed by atoms with Crippen LogP contribution in [0.2, 0.25) is 19.6 Å². The third kappa shape index (κ3) is 4.77. The molecule has 0 spiro atoms. The molecule has 0 radical (unpaired) electrons. The molecule has 0 fully saturated rings. The summed E-state index contributed by atoms with van der Waals surface area (Å²) in [5, 5.41) is 4.38. The maximum Gasteiger partial charge on any atom is 0.257 e. The number of nitrogens with zero attached hydrogens (tertiary/aromatic N) is 3.